The Hall–Kier alpha value is -2.92. The fourth-order valence-corrected chi connectivity index (χ4v) is 6.26. The molecule has 0 spiro atoms. The van der Waals surface area contributed by atoms with Crippen LogP contribution in [0.1, 0.15) is 44.6 Å². The maximum Gasteiger partial charge on any atom is 0.264 e. The molecule has 1 saturated carbocycles. The van der Waals surface area contributed by atoms with Gasteiger partial charge in [-0.15, -0.1) is 0 Å². The fraction of sp³-hybridized carbons (Fsp3) is 0.423. The van der Waals surface area contributed by atoms with Crippen molar-refractivity contribution in [1.29, 1.82) is 0 Å². The number of carbonyl (C=O) groups is 3. The molecule has 3 amide bonds. The van der Waals surface area contributed by atoms with E-state index >= 15 is 0 Å². The largest absolute Gasteiger partial charge is 0.350 e. The molecule has 0 aromatic heterocycles. The van der Waals surface area contributed by atoms with Crippen LogP contribution in [0.4, 0.5) is 4.39 Å². The number of nitrogens with one attached hydrogen (secondary N) is 3. The number of benzene rings is 2. The molecular formula is C26H32FN3O5S2. The number of hydrogen-bond donors (Lipinski definition) is 4. The smallest absolute Gasteiger partial charge is 0.264 e. The highest BCUT2D eigenvalue weighted by molar-refractivity contribution is 7.90. The van der Waals surface area contributed by atoms with Crippen molar-refractivity contribution in [3.63, 3.8) is 0 Å². The van der Waals surface area contributed by atoms with E-state index in [0.717, 1.165) is 32.6 Å². The number of thiol groups is 1. The number of sulfonamides is 1. The van der Waals surface area contributed by atoms with Crippen molar-refractivity contribution in [3.05, 3.63) is 53.8 Å². The standard InChI is InChI=1S/C26H32FN3O5S2/c1-17(31)30-37(34,35)24-10-6-5-9-21(24)19-11-12-20(23(27)13-19)14-28-25(32)15-29-26(33)22(16-36)18-7-3-2-4-8-18/h5-6,9-13,18,22,36H,2-4,7-8,14-16H2,1H3,(H,28,32)(H,29,33)(H,30,31)/t22-/m0/s1. The van der Waals surface area contributed by atoms with E-state index in [1.165, 1.54) is 42.8 Å². The van der Waals surface area contributed by atoms with Crippen LogP contribution in [0, 0.1) is 17.7 Å². The highest BCUT2D eigenvalue weighted by Crippen LogP contribution is 2.31. The van der Waals surface area contributed by atoms with Crippen molar-refractivity contribution < 1.29 is 27.2 Å². The summed E-state index contributed by atoms with van der Waals surface area (Å²) in [5, 5.41) is 5.26. The van der Waals surface area contributed by atoms with Crippen molar-refractivity contribution in [2.75, 3.05) is 12.3 Å². The van der Waals surface area contributed by atoms with Crippen LogP contribution in [0.25, 0.3) is 11.1 Å². The van der Waals surface area contributed by atoms with Crippen LogP contribution in [0.2, 0.25) is 0 Å². The van der Waals surface area contributed by atoms with Gasteiger partial charge in [0, 0.05) is 36.3 Å². The molecule has 0 heterocycles. The lowest BCUT2D eigenvalue weighted by Gasteiger charge is -2.28. The molecule has 37 heavy (non-hydrogen) atoms. The summed E-state index contributed by atoms with van der Waals surface area (Å²) in [5.74, 6) is -1.56. The van der Waals surface area contributed by atoms with E-state index in [0.29, 0.717) is 11.3 Å². The van der Waals surface area contributed by atoms with Gasteiger partial charge in [0.1, 0.15) is 5.82 Å². The first-order valence-electron chi connectivity index (χ1n) is 12.2. The summed E-state index contributed by atoms with van der Waals surface area (Å²) in [4.78, 5) is 36.0. The maximum absolute atomic E-state index is 14.8. The molecule has 2 aromatic carbocycles. The second-order valence-corrected chi connectivity index (χ2v) is 11.2. The molecule has 11 heteroatoms. The third-order valence-corrected chi connectivity index (χ3v) is 8.35. The first-order valence-corrected chi connectivity index (χ1v) is 14.3. The third kappa shape index (κ3) is 7.78. The molecule has 0 aliphatic heterocycles. The predicted molar refractivity (Wildman–Crippen MR) is 142 cm³/mol. The Labute approximate surface area is 222 Å². The predicted octanol–water partition coefficient (Wildman–Crippen LogP) is 3.18. The summed E-state index contributed by atoms with van der Waals surface area (Å²) in [5.41, 5.74) is 0.719. The normalized spacial score (nSPS) is 15.0. The van der Waals surface area contributed by atoms with Gasteiger partial charge in [0.05, 0.1) is 11.4 Å². The van der Waals surface area contributed by atoms with Crippen LogP contribution in [0.15, 0.2) is 47.4 Å². The molecule has 1 atom stereocenters. The first kappa shape index (κ1) is 28.6. The van der Waals surface area contributed by atoms with Crippen LogP contribution in [-0.2, 0) is 31.0 Å². The molecular weight excluding hydrogens is 517 g/mol. The number of amides is 3. The Bertz CT molecular complexity index is 1250. The molecule has 0 bridgehead atoms. The van der Waals surface area contributed by atoms with Gasteiger partial charge >= 0.3 is 0 Å². The minimum absolute atomic E-state index is 0.106. The van der Waals surface area contributed by atoms with E-state index in [1.807, 2.05) is 4.72 Å². The second kappa shape index (κ2) is 13.0. The van der Waals surface area contributed by atoms with Crippen LogP contribution in [0.3, 0.4) is 0 Å². The van der Waals surface area contributed by atoms with Crippen LogP contribution in [-0.4, -0.2) is 38.4 Å². The van der Waals surface area contributed by atoms with Gasteiger partial charge in [-0.1, -0.05) is 49.6 Å². The summed E-state index contributed by atoms with van der Waals surface area (Å²) in [6, 6.07) is 10.1. The lowest BCUT2D eigenvalue weighted by atomic mass is 9.80. The van der Waals surface area contributed by atoms with Crippen molar-refractivity contribution >= 4 is 40.4 Å². The van der Waals surface area contributed by atoms with Crippen LogP contribution in [0.5, 0.6) is 0 Å². The Kier molecular flexibility index (Phi) is 10.1. The Morgan fingerprint density at radius 3 is 2.41 bits per heavy atom. The molecule has 0 unspecified atom stereocenters. The molecule has 0 saturated heterocycles. The average molecular weight is 550 g/mol. The summed E-state index contributed by atoms with van der Waals surface area (Å²) in [6.45, 7) is 0.763. The maximum atomic E-state index is 14.8. The van der Waals surface area contributed by atoms with E-state index in [-0.39, 0.29) is 46.9 Å². The summed E-state index contributed by atoms with van der Waals surface area (Å²) < 4.78 is 41.8. The molecule has 3 N–H and O–H groups in total. The SMILES string of the molecule is CC(=O)NS(=O)(=O)c1ccccc1-c1ccc(CNC(=O)CNC(=O)[C@@H](CS)C2CCCCC2)c(F)c1. The molecule has 200 valence electrons. The van der Waals surface area contributed by atoms with Gasteiger partial charge in [-0.2, -0.15) is 12.6 Å². The number of carbonyl (C=O) groups excluding carboxylic acids is 3. The lowest BCUT2D eigenvalue weighted by molar-refractivity contribution is -0.129. The Balaban J connectivity index is 1.61. The minimum Gasteiger partial charge on any atom is -0.350 e. The zero-order valence-electron chi connectivity index (χ0n) is 20.6. The molecule has 1 fully saturated rings. The van der Waals surface area contributed by atoms with Crippen molar-refractivity contribution in [2.24, 2.45) is 11.8 Å². The van der Waals surface area contributed by atoms with Crippen molar-refractivity contribution in [3.8, 4) is 11.1 Å². The molecule has 1 aliphatic rings. The molecule has 1 aliphatic carbocycles. The quantitative estimate of drug-likeness (QED) is 0.339. The Morgan fingerprint density at radius 1 is 1.05 bits per heavy atom. The average Bonchev–Trinajstić information content (AvgIpc) is 2.87. The van der Waals surface area contributed by atoms with Crippen LogP contribution < -0.4 is 15.4 Å². The zero-order valence-corrected chi connectivity index (χ0v) is 22.3. The molecule has 0 radical (unpaired) electrons. The van der Waals surface area contributed by atoms with E-state index in [1.54, 1.807) is 6.07 Å². The highest BCUT2D eigenvalue weighted by Gasteiger charge is 2.28. The molecule has 2 aromatic rings. The lowest BCUT2D eigenvalue weighted by Crippen LogP contribution is -2.42. The van der Waals surface area contributed by atoms with Gasteiger partial charge in [0.25, 0.3) is 10.0 Å². The topological polar surface area (TPSA) is 121 Å². The number of halogens is 1. The third-order valence-electron chi connectivity index (χ3n) is 6.47. The van der Waals surface area contributed by atoms with Crippen molar-refractivity contribution in [2.45, 2.75) is 50.5 Å². The summed E-state index contributed by atoms with van der Waals surface area (Å²) in [7, 11) is -4.13. The van der Waals surface area contributed by atoms with Crippen LogP contribution >= 0.6 is 12.6 Å². The van der Waals surface area contributed by atoms with Gasteiger partial charge < -0.3 is 10.6 Å². The van der Waals surface area contributed by atoms with E-state index in [2.05, 4.69) is 23.3 Å². The second-order valence-electron chi connectivity index (χ2n) is 9.15. The minimum atomic E-state index is -4.13. The highest BCUT2D eigenvalue weighted by atomic mass is 32.2. The van der Waals surface area contributed by atoms with Gasteiger partial charge in [0.2, 0.25) is 17.7 Å². The van der Waals surface area contributed by atoms with Gasteiger partial charge in [-0.3, -0.25) is 14.4 Å². The summed E-state index contributed by atoms with van der Waals surface area (Å²) in [6.07, 6.45) is 5.36. The number of rotatable bonds is 10. The molecule has 8 nitrogen and oxygen atoms in total. The monoisotopic (exact) mass is 549 g/mol. The fourth-order valence-electron chi connectivity index (χ4n) is 4.58. The zero-order chi connectivity index (χ0) is 27.0. The van der Waals surface area contributed by atoms with Gasteiger partial charge in [0.15, 0.2) is 0 Å². The molecule has 3 rings (SSSR count). The Morgan fingerprint density at radius 2 is 1.76 bits per heavy atom. The van der Waals surface area contributed by atoms with Gasteiger partial charge in [-0.25, -0.2) is 17.5 Å². The number of hydrogen-bond acceptors (Lipinski definition) is 6. The summed E-state index contributed by atoms with van der Waals surface area (Å²) >= 11 is 4.33. The van der Waals surface area contributed by atoms with E-state index < -0.39 is 27.7 Å². The van der Waals surface area contributed by atoms with Crippen molar-refractivity contribution in [1.82, 2.24) is 15.4 Å². The van der Waals surface area contributed by atoms with Gasteiger partial charge in [-0.05, 0) is 36.5 Å². The first-order chi connectivity index (χ1) is 17.6. The van der Waals surface area contributed by atoms with E-state index in [4.69, 9.17) is 0 Å². The van der Waals surface area contributed by atoms with E-state index in [9.17, 15) is 27.2 Å².